The molecule has 0 radical (unpaired) electrons. The van der Waals surface area contributed by atoms with Gasteiger partial charge in [0.05, 0.1) is 11.0 Å². The first-order chi connectivity index (χ1) is 8.21. The average molecular weight is 235 g/mol. The molecule has 0 aliphatic rings. The normalized spacial score (nSPS) is 13.2. The predicted molar refractivity (Wildman–Crippen MR) is 67.5 cm³/mol. The fourth-order valence-electron chi connectivity index (χ4n) is 2.22. The molecule has 1 aromatic carbocycles. The Hall–Kier alpha value is -1.42. The smallest absolute Gasteiger partial charge is 0.125 e. The highest BCUT2D eigenvalue weighted by Crippen LogP contribution is 2.24. The van der Waals surface area contributed by atoms with Gasteiger partial charge in [-0.15, -0.1) is 0 Å². The number of hydrogen-bond acceptors (Lipinski definition) is 2. The van der Waals surface area contributed by atoms with Crippen molar-refractivity contribution in [2.75, 3.05) is 6.54 Å². The fraction of sp³-hybridized carbons (Fsp3) is 0.462. The van der Waals surface area contributed by atoms with Gasteiger partial charge < -0.3 is 10.3 Å². The summed E-state index contributed by atoms with van der Waals surface area (Å²) >= 11 is 0. The van der Waals surface area contributed by atoms with Crippen molar-refractivity contribution in [3.8, 4) is 0 Å². The van der Waals surface area contributed by atoms with E-state index in [4.69, 9.17) is 5.73 Å². The monoisotopic (exact) mass is 235 g/mol. The summed E-state index contributed by atoms with van der Waals surface area (Å²) in [5, 5.41) is 0. The summed E-state index contributed by atoms with van der Waals surface area (Å²) in [6, 6.07) is 4.74. The molecule has 2 aromatic rings. The first-order valence-corrected chi connectivity index (χ1v) is 6.07. The molecule has 1 aromatic heterocycles. The SMILES string of the molecule is CCC(CN)c1nc2cc(F)ccc2n1CC. The van der Waals surface area contributed by atoms with E-state index in [9.17, 15) is 4.39 Å². The van der Waals surface area contributed by atoms with Crippen LogP contribution in [0.1, 0.15) is 32.0 Å². The van der Waals surface area contributed by atoms with E-state index in [0.717, 1.165) is 24.3 Å². The summed E-state index contributed by atoms with van der Waals surface area (Å²) in [5.41, 5.74) is 7.46. The summed E-state index contributed by atoms with van der Waals surface area (Å²) < 4.78 is 15.3. The largest absolute Gasteiger partial charge is 0.330 e. The maximum Gasteiger partial charge on any atom is 0.125 e. The Labute approximate surface area is 100 Å². The van der Waals surface area contributed by atoms with Crippen molar-refractivity contribution in [3.63, 3.8) is 0 Å². The highest BCUT2D eigenvalue weighted by Gasteiger charge is 2.17. The first kappa shape index (κ1) is 12.0. The molecule has 0 aliphatic heterocycles. The average Bonchev–Trinajstić information content (AvgIpc) is 2.68. The molecular formula is C13H18FN3. The Morgan fingerprint density at radius 1 is 1.41 bits per heavy atom. The lowest BCUT2D eigenvalue weighted by Crippen LogP contribution is -2.16. The van der Waals surface area contributed by atoms with Gasteiger partial charge >= 0.3 is 0 Å². The lowest BCUT2D eigenvalue weighted by molar-refractivity contribution is 0.586. The molecule has 2 rings (SSSR count). The van der Waals surface area contributed by atoms with Crippen LogP contribution in [0.2, 0.25) is 0 Å². The van der Waals surface area contributed by atoms with Gasteiger partial charge in [0.1, 0.15) is 11.6 Å². The number of halogens is 1. The van der Waals surface area contributed by atoms with E-state index in [2.05, 4.69) is 23.4 Å². The van der Waals surface area contributed by atoms with E-state index in [-0.39, 0.29) is 11.7 Å². The van der Waals surface area contributed by atoms with Crippen molar-refractivity contribution in [1.82, 2.24) is 9.55 Å². The number of imidazole rings is 1. The molecule has 1 atom stereocenters. The Morgan fingerprint density at radius 2 is 2.18 bits per heavy atom. The van der Waals surface area contributed by atoms with Crippen LogP contribution in [0.15, 0.2) is 18.2 Å². The van der Waals surface area contributed by atoms with Gasteiger partial charge in [0, 0.05) is 25.1 Å². The highest BCUT2D eigenvalue weighted by molar-refractivity contribution is 5.76. The molecular weight excluding hydrogens is 217 g/mol. The number of rotatable bonds is 4. The minimum atomic E-state index is -0.245. The number of aromatic nitrogens is 2. The summed E-state index contributed by atoms with van der Waals surface area (Å²) in [5.74, 6) is 0.967. The quantitative estimate of drug-likeness (QED) is 0.885. The zero-order chi connectivity index (χ0) is 12.4. The van der Waals surface area contributed by atoms with Gasteiger partial charge in [-0.3, -0.25) is 0 Å². The molecule has 1 unspecified atom stereocenters. The van der Waals surface area contributed by atoms with Crippen LogP contribution in [-0.4, -0.2) is 16.1 Å². The second kappa shape index (κ2) is 4.84. The molecule has 2 N–H and O–H groups in total. The third-order valence-electron chi connectivity index (χ3n) is 3.20. The highest BCUT2D eigenvalue weighted by atomic mass is 19.1. The summed E-state index contributed by atoms with van der Waals surface area (Å²) in [6.45, 7) is 5.56. The Morgan fingerprint density at radius 3 is 2.76 bits per heavy atom. The minimum Gasteiger partial charge on any atom is -0.330 e. The summed E-state index contributed by atoms with van der Waals surface area (Å²) in [4.78, 5) is 4.53. The number of fused-ring (bicyclic) bond motifs is 1. The lowest BCUT2D eigenvalue weighted by atomic mass is 10.1. The maximum absolute atomic E-state index is 13.2. The van der Waals surface area contributed by atoms with Gasteiger partial charge in [0.15, 0.2) is 0 Å². The van der Waals surface area contributed by atoms with Gasteiger partial charge in [0.25, 0.3) is 0 Å². The van der Waals surface area contributed by atoms with Crippen molar-refractivity contribution in [2.24, 2.45) is 5.73 Å². The van der Waals surface area contributed by atoms with Crippen LogP contribution in [0, 0.1) is 5.82 Å². The standard InChI is InChI=1S/C13H18FN3/c1-3-9(8-15)13-16-11-7-10(14)5-6-12(11)17(13)4-2/h5-7,9H,3-4,8,15H2,1-2H3. The molecule has 0 amide bonds. The van der Waals surface area contributed by atoms with E-state index in [1.807, 2.05) is 0 Å². The first-order valence-electron chi connectivity index (χ1n) is 6.07. The number of aryl methyl sites for hydroxylation is 1. The molecule has 0 saturated carbocycles. The van der Waals surface area contributed by atoms with E-state index in [0.29, 0.717) is 12.1 Å². The van der Waals surface area contributed by atoms with Crippen molar-refractivity contribution in [2.45, 2.75) is 32.7 Å². The molecule has 4 heteroatoms. The summed E-state index contributed by atoms with van der Waals surface area (Å²) in [6.07, 6.45) is 0.947. The molecule has 0 spiro atoms. The Bertz CT molecular complexity index is 515. The van der Waals surface area contributed by atoms with Crippen LogP contribution in [0.3, 0.4) is 0 Å². The van der Waals surface area contributed by atoms with Crippen molar-refractivity contribution in [3.05, 3.63) is 29.8 Å². The number of benzene rings is 1. The molecule has 1 heterocycles. The molecule has 0 bridgehead atoms. The number of nitrogens with two attached hydrogens (primary N) is 1. The van der Waals surface area contributed by atoms with Crippen LogP contribution in [-0.2, 0) is 6.54 Å². The fourth-order valence-corrected chi connectivity index (χ4v) is 2.22. The lowest BCUT2D eigenvalue weighted by Gasteiger charge is -2.13. The zero-order valence-electron chi connectivity index (χ0n) is 10.3. The van der Waals surface area contributed by atoms with Gasteiger partial charge in [-0.2, -0.15) is 0 Å². The van der Waals surface area contributed by atoms with Crippen LogP contribution >= 0.6 is 0 Å². The number of hydrogen-bond donors (Lipinski definition) is 1. The van der Waals surface area contributed by atoms with Crippen molar-refractivity contribution < 1.29 is 4.39 Å². The van der Waals surface area contributed by atoms with Crippen LogP contribution in [0.5, 0.6) is 0 Å². The molecule has 17 heavy (non-hydrogen) atoms. The van der Waals surface area contributed by atoms with Gasteiger partial charge in [-0.1, -0.05) is 6.92 Å². The van der Waals surface area contributed by atoms with Gasteiger partial charge in [-0.05, 0) is 25.5 Å². The van der Waals surface area contributed by atoms with E-state index >= 15 is 0 Å². The third-order valence-corrected chi connectivity index (χ3v) is 3.20. The predicted octanol–water partition coefficient (Wildman–Crippen LogP) is 2.65. The molecule has 3 nitrogen and oxygen atoms in total. The molecule has 0 fully saturated rings. The second-order valence-corrected chi connectivity index (χ2v) is 4.19. The summed E-state index contributed by atoms with van der Waals surface area (Å²) in [7, 11) is 0. The Kier molecular flexibility index (Phi) is 3.43. The Balaban J connectivity index is 2.62. The van der Waals surface area contributed by atoms with Crippen LogP contribution in [0.4, 0.5) is 4.39 Å². The number of nitrogens with zero attached hydrogens (tertiary/aromatic N) is 2. The molecule has 0 saturated heterocycles. The third kappa shape index (κ3) is 2.05. The van der Waals surface area contributed by atoms with E-state index < -0.39 is 0 Å². The second-order valence-electron chi connectivity index (χ2n) is 4.19. The van der Waals surface area contributed by atoms with Crippen molar-refractivity contribution >= 4 is 11.0 Å². The van der Waals surface area contributed by atoms with E-state index in [1.165, 1.54) is 12.1 Å². The maximum atomic E-state index is 13.2. The van der Waals surface area contributed by atoms with Crippen molar-refractivity contribution in [1.29, 1.82) is 0 Å². The van der Waals surface area contributed by atoms with Gasteiger partial charge in [0.2, 0.25) is 0 Å². The van der Waals surface area contributed by atoms with Crippen LogP contribution in [0.25, 0.3) is 11.0 Å². The van der Waals surface area contributed by atoms with Crippen LogP contribution < -0.4 is 5.73 Å². The molecule has 0 aliphatic carbocycles. The molecule has 92 valence electrons. The minimum absolute atomic E-state index is 0.241. The van der Waals surface area contributed by atoms with Gasteiger partial charge in [-0.25, -0.2) is 9.37 Å². The topological polar surface area (TPSA) is 43.8 Å². The van der Waals surface area contributed by atoms with E-state index in [1.54, 1.807) is 6.07 Å². The zero-order valence-corrected chi connectivity index (χ0v) is 10.3.